The van der Waals surface area contributed by atoms with Crippen LogP contribution in [-0.4, -0.2) is 30.8 Å². The van der Waals surface area contributed by atoms with Crippen LogP contribution in [0, 0.1) is 11.3 Å². The van der Waals surface area contributed by atoms with Crippen LogP contribution in [0.25, 0.3) is 0 Å². The van der Waals surface area contributed by atoms with Crippen LogP contribution >= 0.6 is 0 Å². The summed E-state index contributed by atoms with van der Waals surface area (Å²) >= 11 is 0. The Bertz CT molecular complexity index is 517. The van der Waals surface area contributed by atoms with E-state index in [1.807, 2.05) is 19.9 Å². The maximum absolute atomic E-state index is 9.13. The fourth-order valence-electron chi connectivity index (χ4n) is 1.62. The van der Waals surface area contributed by atoms with E-state index in [0.29, 0.717) is 23.9 Å². The molecular formula is C13H15N3O2. The topological polar surface area (TPSA) is 57.9 Å². The molecule has 5 nitrogen and oxygen atoms in total. The van der Waals surface area contributed by atoms with Crippen molar-refractivity contribution in [1.82, 2.24) is 5.06 Å². The van der Waals surface area contributed by atoms with E-state index in [2.05, 4.69) is 11.1 Å². The fourth-order valence-corrected chi connectivity index (χ4v) is 1.62. The Morgan fingerprint density at radius 2 is 2.28 bits per heavy atom. The van der Waals surface area contributed by atoms with Gasteiger partial charge >= 0.3 is 0 Å². The number of nitriles is 1. The van der Waals surface area contributed by atoms with Gasteiger partial charge in [-0.1, -0.05) is 0 Å². The average molecular weight is 245 g/mol. The molecule has 0 unspecified atom stereocenters. The average Bonchev–Trinajstić information content (AvgIpc) is 2.75. The van der Waals surface area contributed by atoms with Crippen molar-refractivity contribution in [3.8, 4) is 11.8 Å². The van der Waals surface area contributed by atoms with Crippen LogP contribution in [0.2, 0.25) is 0 Å². The maximum atomic E-state index is 9.13. The number of hydrogen-bond acceptors (Lipinski definition) is 5. The molecule has 5 heteroatoms. The van der Waals surface area contributed by atoms with Gasteiger partial charge in [-0.2, -0.15) is 5.26 Å². The first-order valence-corrected chi connectivity index (χ1v) is 5.75. The Hall–Kier alpha value is -2.06. The lowest BCUT2D eigenvalue weighted by Gasteiger charge is -2.12. The zero-order valence-corrected chi connectivity index (χ0v) is 10.7. The van der Waals surface area contributed by atoms with Gasteiger partial charge in [0.2, 0.25) is 5.90 Å². The Morgan fingerprint density at radius 1 is 1.50 bits per heavy atom. The van der Waals surface area contributed by atoms with Gasteiger partial charge in [-0.3, -0.25) is 0 Å². The minimum atomic E-state index is 0.0363. The summed E-state index contributed by atoms with van der Waals surface area (Å²) < 4.78 is 5.56. The second-order valence-electron chi connectivity index (χ2n) is 4.31. The minimum absolute atomic E-state index is 0.0363. The van der Waals surface area contributed by atoms with Crippen molar-refractivity contribution in [3.63, 3.8) is 0 Å². The van der Waals surface area contributed by atoms with Gasteiger partial charge < -0.3 is 9.57 Å². The smallest absolute Gasteiger partial charge is 0.242 e. The molecule has 18 heavy (non-hydrogen) atoms. The van der Waals surface area contributed by atoms with Gasteiger partial charge in [-0.05, 0) is 32.0 Å². The van der Waals surface area contributed by atoms with E-state index < -0.39 is 0 Å². The van der Waals surface area contributed by atoms with Gasteiger partial charge in [-0.25, -0.2) is 4.99 Å². The molecule has 1 aliphatic heterocycles. The van der Waals surface area contributed by atoms with Crippen LogP contribution < -0.4 is 4.74 Å². The summed E-state index contributed by atoms with van der Waals surface area (Å²) in [7, 11) is 1.80. The lowest BCUT2D eigenvalue weighted by Crippen LogP contribution is -2.15. The third kappa shape index (κ3) is 2.60. The molecule has 0 fully saturated rings. The van der Waals surface area contributed by atoms with E-state index in [0.717, 1.165) is 5.56 Å². The van der Waals surface area contributed by atoms with Crippen molar-refractivity contribution in [2.75, 3.05) is 13.7 Å². The van der Waals surface area contributed by atoms with Crippen molar-refractivity contribution < 1.29 is 9.57 Å². The molecule has 0 radical (unpaired) electrons. The van der Waals surface area contributed by atoms with E-state index in [9.17, 15) is 0 Å². The Morgan fingerprint density at radius 3 is 2.83 bits per heavy atom. The number of nitrogens with zero attached hydrogens (tertiary/aromatic N) is 3. The largest absolute Gasteiger partial charge is 0.490 e. The normalized spacial score (nSPS) is 15.2. The van der Waals surface area contributed by atoms with Crippen LogP contribution in [0.5, 0.6) is 5.75 Å². The molecule has 1 aromatic carbocycles. The summed E-state index contributed by atoms with van der Waals surface area (Å²) in [5.74, 6) is 1.12. The predicted octanol–water partition coefficient (Wildman–Crippen LogP) is 1.93. The number of hydroxylamine groups is 2. The molecule has 0 atom stereocenters. The first-order chi connectivity index (χ1) is 8.60. The molecule has 94 valence electrons. The fraction of sp³-hybridized carbons (Fsp3) is 0.385. The van der Waals surface area contributed by atoms with Crippen LogP contribution in [0.3, 0.4) is 0 Å². The van der Waals surface area contributed by atoms with Gasteiger partial charge in [0.25, 0.3) is 0 Å². The van der Waals surface area contributed by atoms with Gasteiger partial charge in [0.05, 0.1) is 11.7 Å². The number of rotatable bonds is 3. The molecular weight excluding hydrogens is 230 g/mol. The monoisotopic (exact) mass is 245 g/mol. The summed E-state index contributed by atoms with van der Waals surface area (Å²) in [6.07, 6.45) is 0.0363. The standard InChI is InChI=1S/C13H15N3O2/c1-9(2)17-12-5-4-10(6-11(12)7-14)13-15-8-16(3)18-13/h4-6,9H,8H2,1-3H3. The van der Waals surface area contributed by atoms with E-state index in [1.54, 1.807) is 24.2 Å². The highest BCUT2D eigenvalue weighted by Crippen LogP contribution is 2.22. The van der Waals surface area contributed by atoms with Crippen molar-refractivity contribution >= 4 is 5.90 Å². The maximum Gasteiger partial charge on any atom is 0.242 e. The van der Waals surface area contributed by atoms with Crippen molar-refractivity contribution in [1.29, 1.82) is 5.26 Å². The van der Waals surface area contributed by atoms with Gasteiger partial charge in [0, 0.05) is 12.6 Å². The summed E-state index contributed by atoms with van der Waals surface area (Å²) in [5, 5.41) is 10.8. The summed E-state index contributed by atoms with van der Waals surface area (Å²) in [5.41, 5.74) is 1.27. The van der Waals surface area contributed by atoms with Gasteiger partial charge in [-0.15, -0.1) is 5.06 Å². The first-order valence-electron chi connectivity index (χ1n) is 5.75. The second kappa shape index (κ2) is 5.07. The molecule has 0 saturated carbocycles. The van der Waals surface area contributed by atoms with Crippen molar-refractivity contribution in [3.05, 3.63) is 29.3 Å². The first kappa shape index (κ1) is 12.4. The molecule has 0 spiro atoms. The molecule has 0 amide bonds. The van der Waals surface area contributed by atoms with E-state index in [1.165, 1.54) is 0 Å². The molecule has 1 heterocycles. The van der Waals surface area contributed by atoms with Crippen molar-refractivity contribution in [2.45, 2.75) is 20.0 Å². The zero-order chi connectivity index (χ0) is 13.1. The van der Waals surface area contributed by atoms with Crippen LogP contribution in [-0.2, 0) is 4.84 Å². The SMILES string of the molecule is CC(C)Oc1ccc(C2=NCN(C)O2)cc1C#N. The Labute approximate surface area is 106 Å². The molecule has 0 N–H and O–H groups in total. The van der Waals surface area contributed by atoms with E-state index >= 15 is 0 Å². The lowest BCUT2D eigenvalue weighted by molar-refractivity contribution is -0.0198. The quantitative estimate of drug-likeness (QED) is 0.816. The number of hydrogen-bond donors (Lipinski definition) is 0. The summed E-state index contributed by atoms with van der Waals surface area (Å²) in [6.45, 7) is 4.35. The molecule has 0 aliphatic carbocycles. The molecule has 0 aromatic heterocycles. The Kier molecular flexibility index (Phi) is 3.49. The van der Waals surface area contributed by atoms with E-state index in [4.69, 9.17) is 14.8 Å². The highest BCUT2D eigenvalue weighted by atomic mass is 16.7. The van der Waals surface area contributed by atoms with Crippen LogP contribution in [0.1, 0.15) is 25.0 Å². The van der Waals surface area contributed by atoms with Crippen LogP contribution in [0.4, 0.5) is 0 Å². The lowest BCUT2D eigenvalue weighted by atomic mass is 10.1. The highest BCUT2D eigenvalue weighted by Gasteiger charge is 2.17. The minimum Gasteiger partial charge on any atom is -0.490 e. The third-order valence-corrected chi connectivity index (χ3v) is 2.37. The Balaban J connectivity index is 2.28. The zero-order valence-electron chi connectivity index (χ0n) is 10.7. The number of ether oxygens (including phenoxy) is 1. The molecule has 1 aromatic rings. The van der Waals surface area contributed by atoms with Crippen LogP contribution in [0.15, 0.2) is 23.2 Å². The second-order valence-corrected chi connectivity index (χ2v) is 4.31. The van der Waals surface area contributed by atoms with Gasteiger partial charge in [0.15, 0.2) is 0 Å². The van der Waals surface area contributed by atoms with Gasteiger partial charge in [0.1, 0.15) is 18.5 Å². The molecule has 0 bridgehead atoms. The van der Waals surface area contributed by atoms with E-state index in [-0.39, 0.29) is 6.10 Å². The molecule has 0 saturated heterocycles. The molecule has 2 rings (SSSR count). The number of benzene rings is 1. The molecule has 1 aliphatic rings. The highest BCUT2D eigenvalue weighted by molar-refractivity contribution is 5.95. The third-order valence-electron chi connectivity index (χ3n) is 2.37. The predicted molar refractivity (Wildman–Crippen MR) is 67.2 cm³/mol. The van der Waals surface area contributed by atoms with Crippen molar-refractivity contribution in [2.24, 2.45) is 4.99 Å². The summed E-state index contributed by atoms with van der Waals surface area (Å²) in [6, 6.07) is 7.48. The summed E-state index contributed by atoms with van der Waals surface area (Å²) in [4.78, 5) is 9.62. The number of aliphatic imine (C=N–C) groups is 1.